The maximum absolute atomic E-state index is 14.2. The Morgan fingerprint density at radius 3 is 1.68 bits per heavy atom. The second-order valence-corrected chi connectivity index (χ2v) is 21.2. The predicted molar refractivity (Wildman–Crippen MR) is 277 cm³/mol. The van der Waals surface area contributed by atoms with Crippen LogP contribution in [0.25, 0.3) is 0 Å². The third-order valence-corrected chi connectivity index (χ3v) is 13.5. The van der Waals surface area contributed by atoms with E-state index in [2.05, 4.69) is 37.2 Å². The smallest absolute Gasteiger partial charge is 0.326 e. The third kappa shape index (κ3) is 19.4. The normalized spacial score (nSPS) is 18.5. The molecule has 1 aromatic rings. The van der Waals surface area contributed by atoms with Crippen molar-refractivity contribution in [2.45, 2.75) is 181 Å². The van der Waals surface area contributed by atoms with Gasteiger partial charge in [-0.2, -0.15) is 0 Å². The first kappa shape index (κ1) is 63.4. The maximum Gasteiger partial charge on any atom is 0.326 e. The minimum Gasteiger partial charge on any atom is -0.508 e. The molecule has 2 saturated heterocycles. The molecule has 24 nitrogen and oxygen atoms in total. The van der Waals surface area contributed by atoms with Crippen LogP contribution in [0.1, 0.15) is 126 Å². The molecule has 9 amide bonds. The summed E-state index contributed by atoms with van der Waals surface area (Å²) in [6.45, 7) is 15.3. The number of nitrogens with one attached hydrogen (secondary N) is 7. The maximum atomic E-state index is 14.2. The molecule has 424 valence electrons. The number of hydrogen-bond acceptors (Lipinski definition) is 13. The number of amides is 9. The molecule has 0 bridgehead atoms. The molecule has 2 aliphatic heterocycles. The summed E-state index contributed by atoms with van der Waals surface area (Å²) in [5, 5.41) is 47.5. The number of carboxylic acids is 2. The highest BCUT2D eigenvalue weighted by molar-refractivity contribution is 5.98. The number of nitrogens with zero attached hydrogens (tertiary/aromatic N) is 2. The van der Waals surface area contributed by atoms with Crippen molar-refractivity contribution in [2.24, 2.45) is 29.4 Å². The molecule has 0 aliphatic carbocycles. The Hall–Kier alpha value is -6.85. The molecule has 0 radical (unpaired) electrons. The van der Waals surface area contributed by atoms with Crippen LogP contribution in [-0.2, 0) is 59.2 Å². The van der Waals surface area contributed by atoms with Crippen LogP contribution in [0, 0.1) is 23.7 Å². The second kappa shape index (κ2) is 30.0. The van der Waals surface area contributed by atoms with E-state index >= 15 is 0 Å². The van der Waals surface area contributed by atoms with E-state index < -0.39 is 151 Å². The molecule has 2 heterocycles. The van der Waals surface area contributed by atoms with E-state index in [9.17, 15) is 68.1 Å². The Balaban J connectivity index is 1.83. The lowest BCUT2D eigenvalue weighted by Crippen LogP contribution is -2.60. The molecular formula is C52H82N10O14. The number of hydrogen-bond donors (Lipinski definition) is 11. The van der Waals surface area contributed by atoms with Gasteiger partial charge in [0.15, 0.2) is 0 Å². The number of carbonyl (C=O) groups excluding carboxylic acids is 9. The predicted octanol–water partition coefficient (Wildman–Crippen LogP) is 0.0326. The Kier molecular flexibility index (Phi) is 25.1. The molecule has 10 atom stereocenters. The summed E-state index contributed by atoms with van der Waals surface area (Å²) >= 11 is 0. The summed E-state index contributed by atoms with van der Waals surface area (Å²) in [4.78, 5) is 150. The van der Waals surface area contributed by atoms with Gasteiger partial charge in [0.25, 0.3) is 0 Å². The monoisotopic (exact) mass is 1070 g/mol. The van der Waals surface area contributed by atoms with Crippen molar-refractivity contribution >= 4 is 65.1 Å². The van der Waals surface area contributed by atoms with E-state index in [1.165, 1.54) is 41.0 Å². The van der Waals surface area contributed by atoms with Crippen LogP contribution in [-0.4, -0.2) is 164 Å². The Morgan fingerprint density at radius 2 is 1.14 bits per heavy atom. The number of likely N-dealkylation sites (tertiary alicyclic amines) is 2. The number of aliphatic carboxylic acids is 2. The van der Waals surface area contributed by atoms with E-state index in [1.807, 2.05) is 27.7 Å². The van der Waals surface area contributed by atoms with Gasteiger partial charge in [0.2, 0.25) is 53.2 Å². The fourth-order valence-electron chi connectivity index (χ4n) is 9.06. The van der Waals surface area contributed by atoms with E-state index in [0.717, 1.165) is 0 Å². The SMILES string of the molecule is CC[C@H](C)[C@H](NC(=O)[C@@H]1CCCN1C(=O)[C@H](CC(C)C)NC(=O)[C@H](C)N)C(=O)N[C@@H](CCC(=O)O)C(=O)N[C@@H](Cc1ccc(O)cc1)C(=O)NCC(=O)N1CCC[C@H]1C(=O)N[C@@H](CC(C)C)C(=O)N[C@H](C(=O)O)C(C)C. The third-order valence-electron chi connectivity index (χ3n) is 13.5. The van der Waals surface area contributed by atoms with Gasteiger partial charge in [-0.1, -0.05) is 73.9 Å². The van der Waals surface area contributed by atoms with Gasteiger partial charge in [0, 0.05) is 25.9 Å². The minimum atomic E-state index is -1.58. The largest absolute Gasteiger partial charge is 0.508 e. The van der Waals surface area contributed by atoms with E-state index in [-0.39, 0.29) is 62.8 Å². The lowest BCUT2D eigenvalue weighted by molar-refractivity contribution is -0.144. The number of phenolic OH excluding ortho intramolecular Hbond substituents is 1. The molecule has 0 aromatic heterocycles. The summed E-state index contributed by atoms with van der Waals surface area (Å²) in [7, 11) is 0. The van der Waals surface area contributed by atoms with Crippen molar-refractivity contribution in [1.29, 1.82) is 0 Å². The van der Waals surface area contributed by atoms with Gasteiger partial charge in [-0.3, -0.25) is 47.9 Å². The molecule has 0 saturated carbocycles. The van der Waals surface area contributed by atoms with E-state index in [0.29, 0.717) is 24.8 Å². The summed E-state index contributed by atoms with van der Waals surface area (Å²) < 4.78 is 0. The van der Waals surface area contributed by atoms with Crippen molar-refractivity contribution in [3.8, 4) is 5.75 Å². The molecule has 12 N–H and O–H groups in total. The van der Waals surface area contributed by atoms with Crippen LogP contribution in [0.5, 0.6) is 5.75 Å². The summed E-state index contributed by atoms with van der Waals surface area (Å²) in [6.07, 6.45) is 0.877. The number of carbonyl (C=O) groups is 11. The van der Waals surface area contributed by atoms with Gasteiger partial charge in [0.1, 0.15) is 54.1 Å². The molecule has 0 spiro atoms. The van der Waals surface area contributed by atoms with Crippen LogP contribution < -0.4 is 43.0 Å². The van der Waals surface area contributed by atoms with Crippen molar-refractivity contribution in [1.82, 2.24) is 47.0 Å². The zero-order chi connectivity index (χ0) is 57.1. The zero-order valence-electron chi connectivity index (χ0n) is 45.3. The van der Waals surface area contributed by atoms with Crippen LogP contribution in [0.3, 0.4) is 0 Å². The van der Waals surface area contributed by atoms with E-state index in [1.54, 1.807) is 27.7 Å². The number of phenols is 1. The quantitative estimate of drug-likeness (QED) is 0.0504. The molecule has 2 aliphatic rings. The first-order chi connectivity index (χ1) is 35.6. The topological polar surface area (TPSA) is 365 Å². The first-order valence-electron chi connectivity index (χ1n) is 26.3. The number of benzene rings is 1. The number of carboxylic acid groups (broad SMARTS) is 2. The highest BCUT2D eigenvalue weighted by Crippen LogP contribution is 2.23. The van der Waals surface area contributed by atoms with Crippen molar-refractivity contribution in [3.05, 3.63) is 29.8 Å². The Morgan fingerprint density at radius 1 is 0.618 bits per heavy atom. The van der Waals surface area contributed by atoms with Crippen LogP contribution in [0.2, 0.25) is 0 Å². The average molecular weight is 1070 g/mol. The Bertz CT molecular complexity index is 2220. The summed E-state index contributed by atoms with van der Waals surface area (Å²) in [6, 6.07) is -4.88. The highest BCUT2D eigenvalue weighted by atomic mass is 16.4. The average Bonchev–Trinajstić information content (AvgIpc) is 4.06. The van der Waals surface area contributed by atoms with Crippen molar-refractivity contribution < 1.29 is 68.1 Å². The summed E-state index contributed by atoms with van der Waals surface area (Å²) in [5.41, 5.74) is 6.21. The van der Waals surface area contributed by atoms with Gasteiger partial charge in [-0.05, 0) is 93.2 Å². The molecule has 2 fully saturated rings. The molecule has 0 unspecified atom stereocenters. The molecular weight excluding hydrogens is 989 g/mol. The standard InChI is InChI=1S/C52H82N10O14/c1-10-30(8)43(60-49(72)39-14-12-22-62(39)51(74)37(24-28(4)5)58-44(67)31(9)53)50(73)55-34(19-20-41(65)66)46(69)56-36(25-32-15-17-33(63)18-16-32)45(68)54-26-40(64)61-21-11-13-38(61)48(71)57-35(23-27(2)3)47(70)59-42(29(6)7)52(75)76/h15-18,27-31,34-39,42-43,63H,10-14,19-26,53H2,1-9H3,(H,54,68)(H,55,73)(H,56,69)(H,57,71)(H,58,67)(H,59,70)(H,60,72)(H,65,66)(H,75,76)/t30-,31-,34-,35-,36-,37-,38-,39-,42-,43-/m0/s1. The van der Waals surface area contributed by atoms with Gasteiger partial charge >= 0.3 is 11.9 Å². The second-order valence-electron chi connectivity index (χ2n) is 21.2. The molecule has 76 heavy (non-hydrogen) atoms. The van der Waals surface area contributed by atoms with E-state index in [4.69, 9.17) is 5.73 Å². The highest BCUT2D eigenvalue weighted by Gasteiger charge is 2.41. The van der Waals surface area contributed by atoms with Crippen LogP contribution in [0.15, 0.2) is 24.3 Å². The van der Waals surface area contributed by atoms with Crippen LogP contribution in [0.4, 0.5) is 0 Å². The van der Waals surface area contributed by atoms with Crippen molar-refractivity contribution in [3.63, 3.8) is 0 Å². The lowest BCUT2D eigenvalue weighted by atomic mass is 9.96. The van der Waals surface area contributed by atoms with Gasteiger partial charge in [-0.15, -0.1) is 0 Å². The van der Waals surface area contributed by atoms with Gasteiger partial charge < -0.3 is 68.1 Å². The molecule has 3 rings (SSSR count). The van der Waals surface area contributed by atoms with Gasteiger partial charge in [0.05, 0.1) is 12.6 Å². The Labute approximate surface area is 444 Å². The fourth-order valence-corrected chi connectivity index (χ4v) is 9.06. The zero-order valence-corrected chi connectivity index (χ0v) is 45.3. The minimum absolute atomic E-state index is 0.00932. The number of aromatic hydroxyl groups is 1. The van der Waals surface area contributed by atoms with Crippen LogP contribution >= 0.6 is 0 Å². The van der Waals surface area contributed by atoms with Crippen molar-refractivity contribution in [2.75, 3.05) is 19.6 Å². The molecule has 24 heteroatoms. The lowest BCUT2D eigenvalue weighted by Gasteiger charge is -2.32. The van der Waals surface area contributed by atoms with Gasteiger partial charge in [-0.25, -0.2) is 4.79 Å². The number of rotatable bonds is 29. The summed E-state index contributed by atoms with van der Waals surface area (Å²) in [5.74, 6) is -10.1. The fraction of sp³-hybridized carbons (Fsp3) is 0.673. The first-order valence-corrected chi connectivity index (χ1v) is 26.3. The molecule has 1 aromatic carbocycles. The number of nitrogens with two attached hydrogens (primary N) is 1.